The number of halogens is 1. The average molecular weight is 252 g/mol. The minimum atomic E-state index is -0.214. The van der Waals surface area contributed by atoms with Crippen molar-refractivity contribution in [2.45, 2.75) is 39.2 Å². The van der Waals surface area contributed by atoms with Crippen LogP contribution in [0.2, 0.25) is 0 Å². The summed E-state index contributed by atoms with van der Waals surface area (Å²) in [6, 6.07) is 4.74. The number of H-pyrrole nitrogens is 1. The lowest BCUT2D eigenvalue weighted by Gasteiger charge is -2.04. The Balaban J connectivity index is 2.23. The molecule has 0 bridgehead atoms. The Morgan fingerprint density at radius 2 is 2.12 bits per heavy atom. The fraction of sp³-hybridized carbons (Fsp3) is 0.462. The van der Waals surface area contributed by atoms with Gasteiger partial charge >= 0.3 is 0 Å². The predicted molar refractivity (Wildman–Crippen MR) is 71.2 cm³/mol. The van der Waals surface area contributed by atoms with Crippen LogP contribution >= 0.6 is 12.2 Å². The number of hydrogen-bond donors (Lipinski definition) is 1. The maximum absolute atomic E-state index is 13.2. The zero-order valence-corrected chi connectivity index (χ0v) is 10.8. The molecule has 0 atom stereocenters. The van der Waals surface area contributed by atoms with Crippen LogP contribution in [0.4, 0.5) is 4.39 Å². The highest BCUT2D eigenvalue weighted by molar-refractivity contribution is 7.71. The van der Waals surface area contributed by atoms with Gasteiger partial charge in [0.2, 0.25) is 0 Å². The van der Waals surface area contributed by atoms with Gasteiger partial charge in [-0.3, -0.25) is 0 Å². The molecule has 0 saturated carbocycles. The molecule has 0 unspecified atom stereocenters. The van der Waals surface area contributed by atoms with E-state index in [0.717, 1.165) is 24.0 Å². The van der Waals surface area contributed by atoms with Gasteiger partial charge in [-0.15, -0.1) is 0 Å². The normalized spacial score (nSPS) is 11.2. The largest absolute Gasteiger partial charge is 0.331 e. The van der Waals surface area contributed by atoms with Gasteiger partial charge in [-0.05, 0) is 36.8 Å². The second-order valence-corrected chi connectivity index (χ2v) is 4.69. The zero-order valence-electron chi connectivity index (χ0n) is 10.0. The molecule has 0 amide bonds. The van der Waals surface area contributed by atoms with Crippen LogP contribution in [0.1, 0.15) is 32.6 Å². The summed E-state index contributed by atoms with van der Waals surface area (Å²) < 4.78 is 15.9. The molecule has 4 heteroatoms. The van der Waals surface area contributed by atoms with E-state index in [2.05, 4.69) is 11.9 Å². The quantitative estimate of drug-likeness (QED) is 0.617. The van der Waals surface area contributed by atoms with E-state index >= 15 is 0 Å². The molecular weight excluding hydrogens is 235 g/mol. The highest BCUT2D eigenvalue weighted by atomic mass is 32.1. The number of aromatic nitrogens is 2. The van der Waals surface area contributed by atoms with Crippen LogP contribution < -0.4 is 0 Å². The molecule has 1 aromatic carbocycles. The predicted octanol–water partition coefficient (Wildman–Crippen LogP) is 4.42. The smallest absolute Gasteiger partial charge is 0.178 e. The molecule has 0 fully saturated rings. The zero-order chi connectivity index (χ0) is 12.3. The van der Waals surface area contributed by atoms with E-state index in [0.29, 0.717) is 4.77 Å². The molecule has 0 aliphatic rings. The van der Waals surface area contributed by atoms with Crippen LogP contribution in [-0.4, -0.2) is 9.55 Å². The summed E-state index contributed by atoms with van der Waals surface area (Å²) in [4.78, 5) is 3.11. The van der Waals surface area contributed by atoms with Gasteiger partial charge in [0, 0.05) is 6.54 Å². The van der Waals surface area contributed by atoms with Crippen molar-refractivity contribution < 1.29 is 4.39 Å². The van der Waals surface area contributed by atoms with Crippen molar-refractivity contribution in [1.82, 2.24) is 9.55 Å². The molecule has 17 heavy (non-hydrogen) atoms. The minimum Gasteiger partial charge on any atom is -0.331 e. The van der Waals surface area contributed by atoms with E-state index < -0.39 is 0 Å². The van der Waals surface area contributed by atoms with Crippen molar-refractivity contribution in [3.8, 4) is 0 Å². The highest BCUT2D eigenvalue weighted by Gasteiger charge is 2.04. The Kier molecular flexibility index (Phi) is 3.94. The van der Waals surface area contributed by atoms with E-state index in [9.17, 15) is 4.39 Å². The lowest BCUT2D eigenvalue weighted by molar-refractivity contribution is 0.585. The van der Waals surface area contributed by atoms with Crippen molar-refractivity contribution >= 4 is 23.3 Å². The van der Waals surface area contributed by atoms with Crippen LogP contribution in [0, 0.1) is 10.6 Å². The number of benzene rings is 1. The van der Waals surface area contributed by atoms with Crippen LogP contribution in [0.3, 0.4) is 0 Å². The summed E-state index contributed by atoms with van der Waals surface area (Å²) in [6.45, 7) is 3.05. The molecule has 2 rings (SSSR count). The van der Waals surface area contributed by atoms with E-state index in [-0.39, 0.29) is 5.82 Å². The van der Waals surface area contributed by atoms with Crippen LogP contribution in [0.15, 0.2) is 18.2 Å². The summed E-state index contributed by atoms with van der Waals surface area (Å²) in [5.74, 6) is -0.214. The Morgan fingerprint density at radius 1 is 1.29 bits per heavy atom. The third-order valence-electron chi connectivity index (χ3n) is 2.97. The van der Waals surface area contributed by atoms with Crippen molar-refractivity contribution in [1.29, 1.82) is 0 Å². The number of fused-ring (bicyclic) bond motifs is 1. The van der Waals surface area contributed by atoms with Crippen LogP contribution in [0.25, 0.3) is 11.0 Å². The van der Waals surface area contributed by atoms with Crippen molar-refractivity contribution in [3.63, 3.8) is 0 Å². The molecule has 0 saturated heterocycles. The SMILES string of the molecule is CCCCCCn1c(=S)[nH]c2ccc(F)cc21. The fourth-order valence-corrected chi connectivity index (χ4v) is 2.34. The molecule has 0 radical (unpaired) electrons. The molecule has 0 aliphatic carbocycles. The first-order valence-electron chi connectivity index (χ1n) is 6.10. The number of nitrogens with one attached hydrogen (secondary N) is 1. The third-order valence-corrected chi connectivity index (χ3v) is 3.30. The second kappa shape index (κ2) is 5.45. The molecule has 0 aliphatic heterocycles. The molecule has 92 valence electrons. The molecule has 1 aromatic heterocycles. The Labute approximate surface area is 105 Å². The lowest BCUT2D eigenvalue weighted by Crippen LogP contribution is -1.98. The van der Waals surface area contributed by atoms with Gasteiger partial charge in [0.25, 0.3) is 0 Å². The van der Waals surface area contributed by atoms with Crippen molar-refractivity contribution in [2.75, 3.05) is 0 Å². The molecule has 1 heterocycles. The molecular formula is C13H17FN2S. The standard InChI is InChI=1S/C13H17FN2S/c1-2-3-4-5-8-16-12-9-10(14)6-7-11(12)15-13(16)17/h6-7,9H,2-5,8H2,1H3,(H,15,17). The van der Waals surface area contributed by atoms with E-state index in [1.165, 1.54) is 25.3 Å². The lowest BCUT2D eigenvalue weighted by atomic mass is 10.2. The highest BCUT2D eigenvalue weighted by Crippen LogP contribution is 2.16. The maximum atomic E-state index is 13.2. The summed E-state index contributed by atoms with van der Waals surface area (Å²) in [5.41, 5.74) is 1.78. The van der Waals surface area contributed by atoms with E-state index in [1.54, 1.807) is 12.1 Å². The molecule has 2 aromatic rings. The molecule has 0 spiro atoms. The molecule has 1 N–H and O–H groups in total. The number of aromatic amines is 1. The number of imidazole rings is 1. The van der Waals surface area contributed by atoms with Gasteiger partial charge in [0.1, 0.15) is 5.82 Å². The van der Waals surface area contributed by atoms with Gasteiger partial charge in [-0.25, -0.2) is 4.39 Å². The number of nitrogens with zero attached hydrogens (tertiary/aromatic N) is 1. The first-order chi connectivity index (χ1) is 8.22. The summed E-state index contributed by atoms with van der Waals surface area (Å²) in [7, 11) is 0. The summed E-state index contributed by atoms with van der Waals surface area (Å²) >= 11 is 5.26. The molecule has 2 nitrogen and oxygen atoms in total. The summed E-state index contributed by atoms with van der Waals surface area (Å²) in [5, 5.41) is 0. The number of rotatable bonds is 5. The van der Waals surface area contributed by atoms with Gasteiger partial charge < -0.3 is 9.55 Å². The topological polar surface area (TPSA) is 20.7 Å². The third kappa shape index (κ3) is 2.75. The van der Waals surface area contributed by atoms with Gasteiger partial charge in [0.05, 0.1) is 11.0 Å². The first kappa shape index (κ1) is 12.3. The fourth-order valence-electron chi connectivity index (χ4n) is 2.04. The maximum Gasteiger partial charge on any atom is 0.178 e. The Bertz CT molecular complexity index is 556. The number of aryl methyl sites for hydroxylation is 1. The van der Waals surface area contributed by atoms with Gasteiger partial charge in [0.15, 0.2) is 4.77 Å². The number of hydrogen-bond acceptors (Lipinski definition) is 1. The average Bonchev–Trinajstić information content (AvgIpc) is 2.61. The Hall–Kier alpha value is -1.16. The van der Waals surface area contributed by atoms with Gasteiger partial charge in [-0.2, -0.15) is 0 Å². The van der Waals surface area contributed by atoms with E-state index in [1.807, 2.05) is 4.57 Å². The Morgan fingerprint density at radius 3 is 2.88 bits per heavy atom. The number of unbranched alkanes of at least 4 members (excludes halogenated alkanes) is 3. The summed E-state index contributed by atoms with van der Waals surface area (Å²) in [6.07, 6.45) is 4.74. The second-order valence-electron chi connectivity index (χ2n) is 4.30. The minimum absolute atomic E-state index is 0.214. The van der Waals surface area contributed by atoms with E-state index in [4.69, 9.17) is 12.2 Å². The van der Waals surface area contributed by atoms with Crippen LogP contribution in [0.5, 0.6) is 0 Å². The van der Waals surface area contributed by atoms with Crippen molar-refractivity contribution in [2.24, 2.45) is 0 Å². The van der Waals surface area contributed by atoms with Crippen molar-refractivity contribution in [3.05, 3.63) is 28.8 Å². The monoisotopic (exact) mass is 252 g/mol. The van der Waals surface area contributed by atoms with Crippen LogP contribution in [-0.2, 0) is 6.54 Å². The van der Waals surface area contributed by atoms with Gasteiger partial charge in [-0.1, -0.05) is 26.2 Å². The first-order valence-corrected chi connectivity index (χ1v) is 6.51.